The van der Waals surface area contributed by atoms with Crippen LogP contribution >= 0.6 is 27.3 Å². The lowest BCUT2D eigenvalue weighted by atomic mass is 10.2. The summed E-state index contributed by atoms with van der Waals surface area (Å²) in [5.41, 5.74) is 1.86. The molecule has 5 nitrogen and oxygen atoms in total. The number of carbonyl (C=O) groups is 1. The minimum absolute atomic E-state index is 0.143. The molecule has 0 aliphatic carbocycles. The SMILES string of the molecule is Cc1nc(C(C)C)sc1C(=O)Nc1ccnn1Cc1ccccc1Br. The molecule has 0 aliphatic rings. The van der Waals surface area contributed by atoms with Crippen LogP contribution in [-0.4, -0.2) is 20.7 Å². The Kier molecular flexibility index (Phi) is 5.34. The molecule has 3 aromatic rings. The first-order chi connectivity index (χ1) is 12.0. The van der Waals surface area contributed by atoms with E-state index in [9.17, 15) is 4.79 Å². The van der Waals surface area contributed by atoms with Crippen molar-refractivity contribution in [2.24, 2.45) is 0 Å². The van der Waals surface area contributed by atoms with Crippen molar-refractivity contribution >= 4 is 39.0 Å². The van der Waals surface area contributed by atoms with Crippen molar-refractivity contribution < 1.29 is 4.79 Å². The summed E-state index contributed by atoms with van der Waals surface area (Å²) in [5.74, 6) is 0.835. The Balaban J connectivity index is 1.79. The van der Waals surface area contributed by atoms with Gasteiger partial charge in [0.15, 0.2) is 0 Å². The van der Waals surface area contributed by atoms with Crippen LogP contribution in [0.25, 0.3) is 0 Å². The van der Waals surface area contributed by atoms with Gasteiger partial charge in [0.1, 0.15) is 10.7 Å². The molecule has 3 rings (SSSR count). The summed E-state index contributed by atoms with van der Waals surface area (Å²) in [6.45, 7) is 6.60. The fourth-order valence-corrected chi connectivity index (χ4v) is 3.78. The highest BCUT2D eigenvalue weighted by molar-refractivity contribution is 9.10. The largest absolute Gasteiger partial charge is 0.306 e. The highest BCUT2D eigenvalue weighted by Gasteiger charge is 2.18. The third kappa shape index (κ3) is 3.99. The fraction of sp³-hybridized carbons (Fsp3) is 0.278. The Morgan fingerprint density at radius 2 is 2.08 bits per heavy atom. The number of thiazole rings is 1. The fourth-order valence-electron chi connectivity index (χ4n) is 2.40. The first kappa shape index (κ1) is 17.8. The molecule has 0 saturated carbocycles. The lowest BCUT2D eigenvalue weighted by molar-refractivity contribution is 0.102. The number of anilines is 1. The summed E-state index contributed by atoms with van der Waals surface area (Å²) in [5, 5.41) is 8.26. The van der Waals surface area contributed by atoms with Crippen molar-refractivity contribution in [3.8, 4) is 0 Å². The quantitative estimate of drug-likeness (QED) is 0.644. The third-order valence-corrected chi connectivity index (χ3v) is 5.98. The second-order valence-corrected chi connectivity index (χ2v) is 7.93. The summed E-state index contributed by atoms with van der Waals surface area (Å²) in [7, 11) is 0. The number of hydrogen-bond acceptors (Lipinski definition) is 4. The van der Waals surface area contributed by atoms with Crippen molar-refractivity contribution in [1.82, 2.24) is 14.8 Å². The molecule has 7 heteroatoms. The monoisotopic (exact) mass is 418 g/mol. The van der Waals surface area contributed by atoms with Crippen molar-refractivity contribution in [2.45, 2.75) is 33.2 Å². The van der Waals surface area contributed by atoms with Crippen LogP contribution in [0.4, 0.5) is 5.82 Å². The predicted octanol–water partition coefficient (Wildman–Crippen LogP) is 4.83. The maximum Gasteiger partial charge on any atom is 0.268 e. The number of amides is 1. The van der Waals surface area contributed by atoms with E-state index in [-0.39, 0.29) is 5.91 Å². The zero-order valence-electron chi connectivity index (χ0n) is 14.3. The molecule has 0 aliphatic heterocycles. The molecule has 2 aromatic heterocycles. The number of nitrogens with one attached hydrogen (secondary N) is 1. The summed E-state index contributed by atoms with van der Waals surface area (Å²) in [4.78, 5) is 17.8. The molecule has 0 spiro atoms. The van der Waals surface area contributed by atoms with Gasteiger partial charge < -0.3 is 5.32 Å². The maximum atomic E-state index is 12.6. The normalized spacial score (nSPS) is 11.1. The molecule has 0 bridgehead atoms. The molecular formula is C18H19BrN4OS. The third-order valence-electron chi connectivity index (χ3n) is 3.75. The van der Waals surface area contributed by atoms with Crippen molar-refractivity contribution in [2.75, 3.05) is 5.32 Å². The molecule has 25 heavy (non-hydrogen) atoms. The molecule has 1 amide bonds. The Labute approximate surface area is 159 Å². The molecule has 0 radical (unpaired) electrons. The minimum atomic E-state index is -0.143. The van der Waals surface area contributed by atoms with E-state index in [0.717, 1.165) is 20.7 Å². The van der Waals surface area contributed by atoms with Crippen LogP contribution in [0.1, 0.15) is 45.7 Å². The van der Waals surface area contributed by atoms with Gasteiger partial charge in [0, 0.05) is 16.5 Å². The maximum absolute atomic E-state index is 12.6. The first-order valence-electron chi connectivity index (χ1n) is 7.99. The van der Waals surface area contributed by atoms with Crippen LogP contribution in [0.15, 0.2) is 41.0 Å². The van der Waals surface area contributed by atoms with Crippen LogP contribution in [0.2, 0.25) is 0 Å². The standard InChI is InChI=1S/C18H19BrN4OS/c1-11(2)18-21-12(3)16(25-18)17(24)22-15-8-9-20-23(15)10-13-6-4-5-7-14(13)19/h4-9,11H,10H2,1-3H3,(H,22,24). The van der Waals surface area contributed by atoms with Crippen LogP contribution in [0.3, 0.4) is 0 Å². The minimum Gasteiger partial charge on any atom is -0.306 e. The average molecular weight is 419 g/mol. The van der Waals surface area contributed by atoms with E-state index in [1.54, 1.807) is 16.9 Å². The highest BCUT2D eigenvalue weighted by atomic mass is 79.9. The van der Waals surface area contributed by atoms with Crippen LogP contribution < -0.4 is 5.32 Å². The van der Waals surface area contributed by atoms with Crippen molar-refractivity contribution in [3.63, 3.8) is 0 Å². The molecule has 0 saturated heterocycles. The Morgan fingerprint density at radius 3 is 2.76 bits per heavy atom. The van der Waals surface area contributed by atoms with Gasteiger partial charge in [0.2, 0.25) is 0 Å². The second kappa shape index (κ2) is 7.49. The molecule has 0 fully saturated rings. The lowest BCUT2D eigenvalue weighted by Crippen LogP contribution is -2.16. The van der Waals surface area contributed by atoms with Gasteiger partial charge in [0.25, 0.3) is 5.91 Å². The molecule has 0 atom stereocenters. The number of carbonyl (C=O) groups excluding carboxylic acids is 1. The number of nitrogens with zero attached hydrogens (tertiary/aromatic N) is 3. The van der Waals surface area contributed by atoms with Gasteiger partial charge in [0.05, 0.1) is 23.4 Å². The summed E-state index contributed by atoms with van der Waals surface area (Å²) in [6, 6.07) is 9.77. The number of rotatable bonds is 5. The molecule has 1 aromatic carbocycles. The zero-order valence-corrected chi connectivity index (χ0v) is 16.7. The van der Waals surface area contributed by atoms with Crippen LogP contribution in [0, 0.1) is 6.92 Å². The Bertz CT molecular complexity index is 900. The van der Waals surface area contributed by atoms with Gasteiger partial charge in [-0.3, -0.25) is 4.79 Å². The molecule has 2 heterocycles. The van der Waals surface area contributed by atoms with Gasteiger partial charge in [-0.25, -0.2) is 9.67 Å². The van der Waals surface area contributed by atoms with Crippen LogP contribution in [0.5, 0.6) is 0 Å². The number of halogens is 1. The van der Waals surface area contributed by atoms with E-state index in [4.69, 9.17) is 0 Å². The zero-order chi connectivity index (χ0) is 18.0. The predicted molar refractivity (Wildman–Crippen MR) is 104 cm³/mol. The first-order valence-corrected chi connectivity index (χ1v) is 9.60. The summed E-state index contributed by atoms with van der Waals surface area (Å²) >= 11 is 4.99. The Hall–Kier alpha value is -1.99. The Morgan fingerprint density at radius 1 is 1.32 bits per heavy atom. The molecular weight excluding hydrogens is 400 g/mol. The lowest BCUT2D eigenvalue weighted by Gasteiger charge is -2.10. The van der Waals surface area contributed by atoms with Gasteiger partial charge in [-0.05, 0) is 18.6 Å². The second-order valence-electron chi connectivity index (χ2n) is 6.04. The molecule has 1 N–H and O–H groups in total. The van der Waals surface area contributed by atoms with E-state index >= 15 is 0 Å². The van der Waals surface area contributed by atoms with Gasteiger partial charge in [-0.2, -0.15) is 5.10 Å². The van der Waals surface area contributed by atoms with E-state index in [2.05, 4.69) is 45.2 Å². The van der Waals surface area contributed by atoms with Crippen molar-refractivity contribution in [1.29, 1.82) is 0 Å². The van der Waals surface area contributed by atoms with Crippen molar-refractivity contribution in [3.05, 3.63) is 62.1 Å². The topological polar surface area (TPSA) is 59.8 Å². The van der Waals surface area contributed by atoms with Gasteiger partial charge >= 0.3 is 0 Å². The molecule has 0 unspecified atom stereocenters. The van der Waals surface area contributed by atoms with Gasteiger partial charge in [-0.15, -0.1) is 11.3 Å². The van der Waals surface area contributed by atoms with E-state index in [1.165, 1.54) is 11.3 Å². The number of hydrogen-bond donors (Lipinski definition) is 1. The smallest absolute Gasteiger partial charge is 0.268 e. The molecule has 130 valence electrons. The van der Waals surface area contributed by atoms with Gasteiger partial charge in [-0.1, -0.05) is 48.0 Å². The average Bonchev–Trinajstić information content (AvgIpc) is 3.16. The highest BCUT2D eigenvalue weighted by Crippen LogP contribution is 2.25. The number of benzene rings is 1. The number of aromatic nitrogens is 3. The number of aryl methyl sites for hydroxylation is 1. The summed E-state index contributed by atoms with van der Waals surface area (Å²) < 4.78 is 2.79. The van der Waals surface area contributed by atoms with E-state index < -0.39 is 0 Å². The summed E-state index contributed by atoms with van der Waals surface area (Å²) in [6.07, 6.45) is 1.69. The van der Waals surface area contributed by atoms with E-state index in [0.29, 0.717) is 23.2 Å². The van der Waals surface area contributed by atoms with E-state index in [1.807, 2.05) is 31.2 Å². The van der Waals surface area contributed by atoms with Crippen LogP contribution in [-0.2, 0) is 6.54 Å².